The first-order valence-electron chi connectivity index (χ1n) is 7.19. The molecule has 120 valence electrons. The average molecular weight is 349 g/mol. The lowest BCUT2D eigenvalue weighted by molar-refractivity contribution is 0.0977. The third-order valence-electron chi connectivity index (χ3n) is 2.90. The minimum Gasteiger partial charge on any atom is -0.494 e. The van der Waals surface area contributed by atoms with Gasteiger partial charge >= 0.3 is 0 Å². The van der Waals surface area contributed by atoms with Crippen LogP contribution in [0.1, 0.15) is 23.7 Å². The summed E-state index contributed by atoms with van der Waals surface area (Å²) in [4.78, 5) is 12.1. The van der Waals surface area contributed by atoms with E-state index >= 15 is 0 Å². The minimum absolute atomic E-state index is 0.212. The predicted octanol–water partition coefficient (Wildman–Crippen LogP) is 4.26. The van der Waals surface area contributed by atoms with Crippen LogP contribution >= 0.6 is 23.8 Å². The molecule has 0 aromatic heterocycles. The number of nitrogens with one attached hydrogen (secondary N) is 2. The van der Waals surface area contributed by atoms with Crippen LogP contribution in [0.4, 0.5) is 5.69 Å². The van der Waals surface area contributed by atoms with E-state index in [-0.39, 0.29) is 11.0 Å². The lowest BCUT2D eigenvalue weighted by atomic mass is 10.2. The second-order valence-electron chi connectivity index (χ2n) is 4.79. The number of rotatable bonds is 5. The van der Waals surface area contributed by atoms with Gasteiger partial charge in [-0.2, -0.15) is 0 Å². The molecule has 2 N–H and O–H groups in total. The monoisotopic (exact) mass is 348 g/mol. The fourth-order valence-corrected chi connectivity index (χ4v) is 2.23. The number of amides is 1. The van der Waals surface area contributed by atoms with Crippen LogP contribution in [0.5, 0.6) is 5.75 Å². The zero-order valence-electron chi connectivity index (χ0n) is 12.6. The van der Waals surface area contributed by atoms with E-state index in [1.54, 1.807) is 42.5 Å². The Morgan fingerprint density at radius 2 is 1.96 bits per heavy atom. The highest BCUT2D eigenvalue weighted by molar-refractivity contribution is 7.80. The molecule has 0 heterocycles. The molecule has 2 rings (SSSR count). The van der Waals surface area contributed by atoms with Gasteiger partial charge in [0.2, 0.25) is 0 Å². The summed E-state index contributed by atoms with van der Waals surface area (Å²) in [5.74, 6) is 0.453. The summed E-state index contributed by atoms with van der Waals surface area (Å²) in [6, 6.07) is 14.0. The second kappa shape index (κ2) is 8.50. The molecule has 0 saturated heterocycles. The third kappa shape index (κ3) is 5.54. The van der Waals surface area contributed by atoms with Crippen molar-refractivity contribution < 1.29 is 9.53 Å². The summed E-state index contributed by atoms with van der Waals surface area (Å²) in [5.41, 5.74) is 1.22. The second-order valence-corrected chi connectivity index (χ2v) is 5.64. The molecule has 0 spiro atoms. The van der Waals surface area contributed by atoms with E-state index in [2.05, 4.69) is 10.6 Å². The van der Waals surface area contributed by atoms with Crippen LogP contribution in [0.15, 0.2) is 48.5 Å². The van der Waals surface area contributed by atoms with Crippen LogP contribution in [0, 0.1) is 0 Å². The maximum Gasteiger partial charge on any atom is 0.257 e. The van der Waals surface area contributed by atoms with Gasteiger partial charge in [-0.1, -0.05) is 24.6 Å². The Hall–Kier alpha value is -2.11. The fourth-order valence-electron chi connectivity index (χ4n) is 1.83. The molecule has 4 nitrogen and oxygen atoms in total. The predicted molar refractivity (Wildman–Crippen MR) is 97.4 cm³/mol. The molecule has 0 aliphatic heterocycles. The number of anilines is 1. The normalized spacial score (nSPS) is 10.0. The fraction of sp³-hybridized carbons (Fsp3) is 0.176. The Kier molecular flexibility index (Phi) is 6.38. The summed E-state index contributed by atoms with van der Waals surface area (Å²) < 4.78 is 5.48. The largest absolute Gasteiger partial charge is 0.494 e. The van der Waals surface area contributed by atoms with Crippen molar-refractivity contribution in [1.82, 2.24) is 5.32 Å². The van der Waals surface area contributed by atoms with Crippen molar-refractivity contribution in [3.63, 3.8) is 0 Å². The van der Waals surface area contributed by atoms with Crippen molar-refractivity contribution in [1.29, 1.82) is 0 Å². The molecule has 0 fully saturated rings. The zero-order valence-corrected chi connectivity index (χ0v) is 14.2. The number of carbonyl (C=O) groups is 1. The van der Waals surface area contributed by atoms with Gasteiger partial charge in [-0.05, 0) is 61.1 Å². The molecule has 0 radical (unpaired) electrons. The quantitative estimate of drug-likeness (QED) is 0.793. The maximum absolute atomic E-state index is 12.1. The van der Waals surface area contributed by atoms with E-state index in [0.717, 1.165) is 12.2 Å². The standard InChI is InChI=1S/C17H17ClN2O2S/c1-2-10-22-15-8-6-12(7-9-15)16(21)20-17(23)19-14-5-3-4-13(18)11-14/h3-9,11H,2,10H2,1H3,(H2,19,20,21,23). The van der Waals surface area contributed by atoms with Crippen LogP contribution < -0.4 is 15.4 Å². The first-order chi connectivity index (χ1) is 11.1. The summed E-state index contributed by atoms with van der Waals surface area (Å²) in [6.07, 6.45) is 0.936. The van der Waals surface area contributed by atoms with E-state index < -0.39 is 0 Å². The molecule has 2 aromatic carbocycles. The highest BCUT2D eigenvalue weighted by Gasteiger charge is 2.08. The summed E-state index contributed by atoms with van der Waals surface area (Å²) in [5, 5.41) is 6.34. The van der Waals surface area contributed by atoms with Gasteiger partial charge in [0.1, 0.15) is 5.75 Å². The highest BCUT2D eigenvalue weighted by atomic mass is 35.5. The Balaban J connectivity index is 1.91. The maximum atomic E-state index is 12.1. The number of carbonyl (C=O) groups excluding carboxylic acids is 1. The lowest BCUT2D eigenvalue weighted by Crippen LogP contribution is -2.34. The topological polar surface area (TPSA) is 50.4 Å². The first-order valence-corrected chi connectivity index (χ1v) is 7.98. The molecule has 0 bridgehead atoms. The van der Waals surface area contributed by atoms with Crippen LogP contribution in [-0.4, -0.2) is 17.6 Å². The van der Waals surface area contributed by atoms with Gasteiger partial charge in [-0.25, -0.2) is 0 Å². The number of thiocarbonyl (C=S) groups is 1. The summed E-state index contributed by atoms with van der Waals surface area (Å²) >= 11 is 11.0. The minimum atomic E-state index is -0.286. The van der Waals surface area contributed by atoms with Gasteiger partial charge < -0.3 is 10.1 Å². The third-order valence-corrected chi connectivity index (χ3v) is 3.34. The number of hydrogen-bond acceptors (Lipinski definition) is 3. The molecule has 0 saturated carbocycles. The summed E-state index contributed by atoms with van der Waals surface area (Å²) in [6.45, 7) is 2.69. The Morgan fingerprint density at radius 1 is 1.22 bits per heavy atom. The molecular formula is C17H17ClN2O2S. The van der Waals surface area contributed by atoms with Gasteiger partial charge in [-0.15, -0.1) is 0 Å². The van der Waals surface area contributed by atoms with Crippen molar-refractivity contribution in [3.05, 3.63) is 59.1 Å². The molecule has 1 amide bonds. The molecule has 0 atom stereocenters. The van der Waals surface area contributed by atoms with Crippen molar-refractivity contribution in [2.75, 3.05) is 11.9 Å². The molecule has 2 aromatic rings. The van der Waals surface area contributed by atoms with E-state index in [0.29, 0.717) is 22.9 Å². The smallest absolute Gasteiger partial charge is 0.257 e. The van der Waals surface area contributed by atoms with Gasteiger partial charge in [0.15, 0.2) is 5.11 Å². The number of hydrogen-bond donors (Lipinski definition) is 2. The van der Waals surface area contributed by atoms with Gasteiger partial charge in [0, 0.05) is 16.3 Å². The van der Waals surface area contributed by atoms with Crippen molar-refractivity contribution in [3.8, 4) is 5.75 Å². The van der Waals surface area contributed by atoms with Crippen molar-refractivity contribution in [2.45, 2.75) is 13.3 Å². The number of halogens is 1. The van der Waals surface area contributed by atoms with Gasteiger partial charge in [0.05, 0.1) is 6.61 Å². The van der Waals surface area contributed by atoms with Crippen LogP contribution in [-0.2, 0) is 0 Å². The molecule has 23 heavy (non-hydrogen) atoms. The van der Waals surface area contributed by atoms with E-state index in [1.165, 1.54) is 0 Å². The molecule has 0 aliphatic rings. The van der Waals surface area contributed by atoms with E-state index in [9.17, 15) is 4.79 Å². The SMILES string of the molecule is CCCOc1ccc(C(=O)NC(=S)Nc2cccc(Cl)c2)cc1. The zero-order chi connectivity index (χ0) is 16.7. The molecule has 0 aliphatic carbocycles. The van der Waals surface area contributed by atoms with Crippen molar-refractivity contribution in [2.24, 2.45) is 0 Å². The van der Waals surface area contributed by atoms with Crippen molar-refractivity contribution >= 4 is 40.5 Å². The highest BCUT2D eigenvalue weighted by Crippen LogP contribution is 2.15. The van der Waals surface area contributed by atoms with Gasteiger partial charge in [-0.3, -0.25) is 10.1 Å². The molecule has 0 unspecified atom stereocenters. The van der Waals surface area contributed by atoms with Crippen LogP contribution in [0.25, 0.3) is 0 Å². The molecule has 6 heteroatoms. The van der Waals surface area contributed by atoms with E-state index in [4.69, 9.17) is 28.6 Å². The Labute approximate surface area is 145 Å². The van der Waals surface area contributed by atoms with E-state index in [1.807, 2.05) is 13.0 Å². The van der Waals surface area contributed by atoms with Crippen LogP contribution in [0.3, 0.4) is 0 Å². The lowest BCUT2D eigenvalue weighted by Gasteiger charge is -2.10. The van der Waals surface area contributed by atoms with Crippen LogP contribution in [0.2, 0.25) is 5.02 Å². The first kappa shape index (κ1) is 17.2. The summed E-state index contributed by atoms with van der Waals surface area (Å²) in [7, 11) is 0. The molecular weight excluding hydrogens is 332 g/mol. The Bertz CT molecular complexity index is 689. The number of ether oxygens (including phenoxy) is 1. The number of benzene rings is 2. The average Bonchev–Trinajstić information content (AvgIpc) is 2.53. The Morgan fingerprint density at radius 3 is 2.61 bits per heavy atom. The van der Waals surface area contributed by atoms with Gasteiger partial charge in [0.25, 0.3) is 5.91 Å².